The summed E-state index contributed by atoms with van der Waals surface area (Å²) >= 11 is 6.05. The molecular formula is C17H11ClO5. The third-order valence-electron chi connectivity index (χ3n) is 3.79. The fourth-order valence-corrected chi connectivity index (χ4v) is 2.91. The van der Waals surface area contributed by atoms with E-state index in [4.69, 9.17) is 29.9 Å². The first-order valence-corrected chi connectivity index (χ1v) is 7.21. The molecule has 0 aliphatic carbocycles. The molecule has 0 radical (unpaired) electrons. The van der Waals surface area contributed by atoms with Gasteiger partial charge in [-0.3, -0.25) is 0 Å². The number of ether oxygens (including phenoxy) is 2. The van der Waals surface area contributed by atoms with Gasteiger partial charge in [-0.2, -0.15) is 0 Å². The van der Waals surface area contributed by atoms with Crippen LogP contribution < -0.4 is 15.1 Å². The lowest BCUT2D eigenvalue weighted by atomic mass is 10.1. The fourth-order valence-electron chi connectivity index (χ4n) is 2.74. The highest BCUT2D eigenvalue weighted by Gasteiger charge is 2.19. The number of methoxy groups -OCH3 is 2. The van der Waals surface area contributed by atoms with Crippen molar-refractivity contribution in [1.82, 2.24) is 0 Å². The maximum Gasteiger partial charge on any atom is 0.348 e. The lowest BCUT2D eigenvalue weighted by Crippen LogP contribution is -1.98. The van der Waals surface area contributed by atoms with Gasteiger partial charge in [0.1, 0.15) is 16.6 Å². The van der Waals surface area contributed by atoms with E-state index in [1.165, 1.54) is 14.2 Å². The Kier molecular flexibility index (Phi) is 2.99. The summed E-state index contributed by atoms with van der Waals surface area (Å²) in [6.45, 7) is 0. The second-order valence-corrected chi connectivity index (χ2v) is 5.48. The molecule has 4 rings (SSSR count). The molecule has 2 aromatic heterocycles. The molecule has 0 bridgehead atoms. The van der Waals surface area contributed by atoms with E-state index in [1.54, 1.807) is 30.3 Å². The first-order chi connectivity index (χ1) is 11.1. The van der Waals surface area contributed by atoms with Crippen molar-refractivity contribution in [3.8, 4) is 11.5 Å². The Morgan fingerprint density at radius 2 is 1.65 bits per heavy atom. The zero-order valence-electron chi connectivity index (χ0n) is 12.3. The molecule has 0 unspecified atom stereocenters. The molecular weight excluding hydrogens is 320 g/mol. The SMILES string of the molecule is COc1cc2oc3c4cc(Cl)ccc4oc(=O)c3c2cc1OC. The molecule has 0 saturated heterocycles. The Labute approximate surface area is 134 Å². The number of hydrogen-bond donors (Lipinski definition) is 0. The zero-order valence-corrected chi connectivity index (χ0v) is 13.1. The summed E-state index contributed by atoms with van der Waals surface area (Å²) in [7, 11) is 3.07. The predicted molar refractivity (Wildman–Crippen MR) is 87.9 cm³/mol. The minimum atomic E-state index is -0.471. The summed E-state index contributed by atoms with van der Waals surface area (Å²) in [6, 6.07) is 8.40. The van der Waals surface area contributed by atoms with Crippen LogP contribution in [0.15, 0.2) is 44.0 Å². The van der Waals surface area contributed by atoms with E-state index in [1.807, 2.05) is 0 Å². The van der Waals surface area contributed by atoms with Crippen LogP contribution in [0.25, 0.3) is 32.9 Å². The highest BCUT2D eigenvalue weighted by atomic mass is 35.5. The molecule has 2 heterocycles. The molecule has 0 spiro atoms. The van der Waals surface area contributed by atoms with E-state index < -0.39 is 5.63 Å². The van der Waals surface area contributed by atoms with Gasteiger partial charge in [0.15, 0.2) is 17.1 Å². The minimum Gasteiger partial charge on any atom is -0.493 e. The second kappa shape index (κ2) is 4.93. The van der Waals surface area contributed by atoms with E-state index >= 15 is 0 Å². The monoisotopic (exact) mass is 330 g/mol. The van der Waals surface area contributed by atoms with E-state index in [0.717, 1.165) is 0 Å². The molecule has 0 fully saturated rings. The number of hydrogen-bond acceptors (Lipinski definition) is 5. The van der Waals surface area contributed by atoms with E-state index in [-0.39, 0.29) is 0 Å². The van der Waals surface area contributed by atoms with Gasteiger partial charge in [-0.15, -0.1) is 0 Å². The average Bonchev–Trinajstić information content (AvgIpc) is 2.93. The van der Waals surface area contributed by atoms with E-state index in [9.17, 15) is 4.79 Å². The molecule has 0 atom stereocenters. The van der Waals surface area contributed by atoms with Gasteiger partial charge in [0.2, 0.25) is 0 Å². The van der Waals surface area contributed by atoms with Crippen molar-refractivity contribution >= 4 is 44.5 Å². The van der Waals surface area contributed by atoms with Gasteiger partial charge in [0.25, 0.3) is 0 Å². The first-order valence-electron chi connectivity index (χ1n) is 6.83. The Morgan fingerprint density at radius 1 is 0.913 bits per heavy atom. The summed E-state index contributed by atoms with van der Waals surface area (Å²) < 4.78 is 21.8. The molecule has 0 N–H and O–H groups in total. The largest absolute Gasteiger partial charge is 0.493 e. The Bertz CT molecular complexity index is 1120. The van der Waals surface area contributed by atoms with Crippen LogP contribution in [0.2, 0.25) is 5.02 Å². The quantitative estimate of drug-likeness (QED) is 0.511. The van der Waals surface area contributed by atoms with Gasteiger partial charge in [0, 0.05) is 16.5 Å². The summed E-state index contributed by atoms with van der Waals surface area (Å²) in [5.74, 6) is 1.03. The molecule has 0 amide bonds. The van der Waals surface area contributed by atoms with E-state index in [0.29, 0.717) is 49.4 Å². The van der Waals surface area contributed by atoms with Crippen molar-refractivity contribution in [2.45, 2.75) is 0 Å². The highest BCUT2D eigenvalue weighted by Crippen LogP contribution is 2.38. The lowest BCUT2D eigenvalue weighted by Gasteiger charge is -2.06. The second-order valence-electron chi connectivity index (χ2n) is 5.04. The minimum absolute atomic E-state index is 0.357. The molecule has 6 heteroatoms. The fraction of sp³-hybridized carbons (Fsp3) is 0.118. The van der Waals surface area contributed by atoms with Gasteiger partial charge >= 0.3 is 5.63 Å². The maximum absolute atomic E-state index is 12.4. The van der Waals surface area contributed by atoms with Gasteiger partial charge in [0.05, 0.1) is 19.6 Å². The van der Waals surface area contributed by atoms with Gasteiger partial charge in [-0.1, -0.05) is 11.6 Å². The zero-order chi connectivity index (χ0) is 16.1. The van der Waals surface area contributed by atoms with Crippen LogP contribution in [0.1, 0.15) is 0 Å². The van der Waals surface area contributed by atoms with Crippen LogP contribution in [0, 0.1) is 0 Å². The molecule has 0 aliphatic rings. The first kappa shape index (κ1) is 14.0. The normalized spacial score (nSPS) is 11.4. The average molecular weight is 331 g/mol. The number of halogens is 1. The van der Waals surface area contributed by atoms with Crippen molar-refractivity contribution in [3.05, 3.63) is 45.8 Å². The van der Waals surface area contributed by atoms with Crippen LogP contribution in [0.3, 0.4) is 0 Å². The van der Waals surface area contributed by atoms with Crippen LogP contribution in [0.4, 0.5) is 0 Å². The molecule has 23 heavy (non-hydrogen) atoms. The third kappa shape index (κ3) is 1.97. The summed E-state index contributed by atoms with van der Waals surface area (Å²) in [5.41, 5.74) is 0.896. The maximum atomic E-state index is 12.4. The smallest absolute Gasteiger partial charge is 0.348 e. The molecule has 2 aromatic carbocycles. The summed E-state index contributed by atoms with van der Waals surface area (Å²) in [4.78, 5) is 12.4. The predicted octanol–water partition coefficient (Wildman–Crippen LogP) is 4.36. The van der Waals surface area contributed by atoms with Crippen molar-refractivity contribution in [1.29, 1.82) is 0 Å². The standard InChI is InChI=1S/C17H11ClO5/c1-20-13-6-9-12(7-14(13)21-2)22-16-10-5-8(18)3-4-11(10)23-17(19)15(9)16/h3-7H,1-2H3. The summed E-state index contributed by atoms with van der Waals surface area (Å²) in [6.07, 6.45) is 0. The molecule has 116 valence electrons. The van der Waals surface area contributed by atoms with Crippen molar-refractivity contribution in [2.75, 3.05) is 14.2 Å². The number of fused-ring (bicyclic) bond motifs is 5. The Balaban J connectivity index is 2.24. The Hall–Kier alpha value is -2.66. The van der Waals surface area contributed by atoms with Crippen LogP contribution in [-0.4, -0.2) is 14.2 Å². The third-order valence-corrected chi connectivity index (χ3v) is 4.02. The number of furan rings is 1. The van der Waals surface area contributed by atoms with Gasteiger partial charge < -0.3 is 18.3 Å². The van der Waals surface area contributed by atoms with Gasteiger partial charge in [-0.05, 0) is 24.3 Å². The van der Waals surface area contributed by atoms with Gasteiger partial charge in [-0.25, -0.2) is 4.79 Å². The van der Waals surface area contributed by atoms with Crippen LogP contribution >= 0.6 is 11.6 Å². The van der Waals surface area contributed by atoms with Crippen LogP contribution in [0.5, 0.6) is 11.5 Å². The number of benzene rings is 2. The highest BCUT2D eigenvalue weighted by molar-refractivity contribution is 6.31. The summed E-state index contributed by atoms with van der Waals surface area (Å²) in [5, 5.41) is 2.13. The molecule has 5 nitrogen and oxygen atoms in total. The lowest BCUT2D eigenvalue weighted by molar-refractivity contribution is 0.355. The Morgan fingerprint density at radius 3 is 2.39 bits per heavy atom. The van der Waals surface area contributed by atoms with Crippen molar-refractivity contribution < 1.29 is 18.3 Å². The topological polar surface area (TPSA) is 61.8 Å². The van der Waals surface area contributed by atoms with Crippen molar-refractivity contribution in [2.24, 2.45) is 0 Å². The molecule has 0 aliphatic heterocycles. The molecule has 0 saturated carbocycles. The molecule has 4 aromatic rings. The van der Waals surface area contributed by atoms with Crippen molar-refractivity contribution in [3.63, 3.8) is 0 Å². The van der Waals surface area contributed by atoms with Crippen LogP contribution in [-0.2, 0) is 0 Å². The number of rotatable bonds is 2. The van der Waals surface area contributed by atoms with E-state index in [2.05, 4.69) is 0 Å².